The van der Waals surface area contributed by atoms with E-state index in [2.05, 4.69) is 28.5 Å². The van der Waals surface area contributed by atoms with Crippen molar-refractivity contribution in [3.8, 4) is 0 Å². The molecule has 1 fully saturated rings. The van der Waals surface area contributed by atoms with Gasteiger partial charge in [0.05, 0.1) is 17.4 Å². The molecule has 0 spiro atoms. The highest BCUT2D eigenvalue weighted by atomic mass is 32.2. The van der Waals surface area contributed by atoms with Crippen molar-refractivity contribution in [1.29, 1.82) is 0 Å². The standard InChI is InChI=1S/C20H24N6OS2/c1-13-7-6-10-18(14(13)2)25(15(3)27)19-21-16(11-28-19)12-29-20-22-23-24-26(20)17-8-4-5-9-17/h6-7,10-11,17H,4-5,8-9,12H2,1-3H3. The smallest absolute Gasteiger partial charge is 0.230 e. The summed E-state index contributed by atoms with van der Waals surface area (Å²) in [6.45, 7) is 5.66. The van der Waals surface area contributed by atoms with E-state index in [0.717, 1.165) is 40.5 Å². The van der Waals surface area contributed by atoms with Gasteiger partial charge in [0, 0.05) is 18.1 Å². The fourth-order valence-corrected chi connectivity index (χ4v) is 5.47. The molecule has 3 aromatic rings. The molecular weight excluding hydrogens is 404 g/mol. The Morgan fingerprint density at radius 2 is 2.10 bits per heavy atom. The lowest BCUT2D eigenvalue weighted by atomic mass is 10.1. The Bertz CT molecular complexity index is 1010. The molecule has 0 atom stereocenters. The van der Waals surface area contributed by atoms with Crippen molar-refractivity contribution < 1.29 is 4.79 Å². The molecule has 0 bridgehead atoms. The molecule has 0 saturated heterocycles. The zero-order valence-corrected chi connectivity index (χ0v) is 18.5. The predicted molar refractivity (Wildman–Crippen MR) is 116 cm³/mol. The van der Waals surface area contributed by atoms with Gasteiger partial charge in [-0.05, 0) is 54.3 Å². The van der Waals surface area contributed by atoms with E-state index in [1.165, 1.54) is 24.2 Å². The molecule has 4 rings (SSSR count). The second kappa shape index (κ2) is 8.62. The Labute approximate surface area is 178 Å². The van der Waals surface area contributed by atoms with Crippen molar-refractivity contribution in [2.45, 2.75) is 63.4 Å². The fraction of sp³-hybridized carbons (Fsp3) is 0.450. The van der Waals surface area contributed by atoms with Gasteiger partial charge in [0.15, 0.2) is 5.13 Å². The molecule has 1 aromatic carbocycles. The number of carbonyl (C=O) groups excluding carboxylic acids is 1. The maximum absolute atomic E-state index is 12.4. The lowest BCUT2D eigenvalue weighted by Gasteiger charge is -2.21. The zero-order valence-electron chi connectivity index (χ0n) is 16.8. The minimum Gasteiger partial charge on any atom is -0.274 e. The number of hydrogen-bond donors (Lipinski definition) is 0. The molecular formula is C20H24N6OS2. The van der Waals surface area contributed by atoms with E-state index >= 15 is 0 Å². The highest BCUT2D eigenvalue weighted by Crippen LogP contribution is 2.35. The van der Waals surface area contributed by atoms with Crippen LogP contribution < -0.4 is 4.90 Å². The van der Waals surface area contributed by atoms with Gasteiger partial charge in [-0.1, -0.05) is 36.7 Å². The first kappa shape index (κ1) is 20.0. The van der Waals surface area contributed by atoms with Crippen LogP contribution in [0.2, 0.25) is 0 Å². The highest BCUT2D eigenvalue weighted by molar-refractivity contribution is 7.98. The topological polar surface area (TPSA) is 76.8 Å². The molecule has 0 unspecified atom stereocenters. The van der Waals surface area contributed by atoms with E-state index in [-0.39, 0.29) is 5.91 Å². The molecule has 0 N–H and O–H groups in total. The Morgan fingerprint density at radius 1 is 1.31 bits per heavy atom. The van der Waals surface area contributed by atoms with Crippen molar-refractivity contribution in [3.63, 3.8) is 0 Å². The summed E-state index contributed by atoms with van der Waals surface area (Å²) in [5, 5.41) is 15.8. The Kier molecular flexibility index (Phi) is 5.96. The van der Waals surface area contributed by atoms with Gasteiger partial charge in [-0.15, -0.1) is 16.4 Å². The summed E-state index contributed by atoms with van der Waals surface area (Å²) in [5.41, 5.74) is 4.05. The monoisotopic (exact) mass is 428 g/mol. The van der Waals surface area contributed by atoms with E-state index in [1.807, 2.05) is 29.1 Å². The molecule has 2 heterocycles. The third-order valence-electron chi connectivity index (χ3n) is 5.35. The molecule has 1 amide bonds. The first-order chi connectivity index (χ1) is 14.0. The van der Waals surface area contributed by atoms with Crippen molar-refractivity contribution in [3.05, 3.63) is 40.4 Å². The van der Waals surface area contributed by atoms with Crippen LogP contribution in [-0.4, -0.2) is 31.1 Å². The van der Waals surface area contributed by atoms with Gasteiger partial charge in [-0.3, -0.25) is 9.69 Å². The highest BCUT2D eigenvalue weighted by Gasteiger charge is 2.23. The number of thiazole rings is 1. The summed E-state index contributed by atoms with van der Waals surface area (Å²) in [6.07, 6.45) is 4.76. The van der Waals surface area contributed by atoms with Crippen LogP contribution in [0.4, 0.5) is 10.8 Å². The van der Waals surface area contributed by atoms with E-state index in [0.29, 0.717) is 16.9 Å². The Morgan fingerprint density at radius 3 is 2.86 bits per heavy atom. The fourth-order valence-electron chi connectivity index (χ4n) is 3.65. The Hall–Kier alpha value is -2.26. The molecule has 152 valence electrons. The van der Waals surface area contributed by atoms with Gasteiger partial charge in [-0.25, -0.2) is 9.67 Å². The first-order valence-electron chi connectivity index (χ1n) is 9.76. The quantitative estimate of drug-likeness (QED) is 0.523. The number of tetrazole rings is 1. The predicted octanol–water partition coefficient (Wildman–Crippen LogP) is 4.84. The third kappa shape index (κ3) is 4.20. The van der Waals surface area contributed by atoms with Gasteiger partial charge < -0.3 is 0 Å². The average molecular weight is 429 g/mol. The zero-order chi connectivity index (χ0) is 20.4. The van der Waals surface area contributed by atoms with Crippen LogP contribution >= 0.6 is 23.1 Å². The second-order valence-corrected chi connectivity index (χ2v) is 9.11. The molecule has 29 heavy (non-hydrogen) atoms. The summed E-state index contributed by atoms with van der Waals surface area (Å²) in [5.74, 6) is 0.625. The molecule has 0 aliphatic heterocycles. The number of carbonyl (C=O) groups is 1. The number of anilines is 2. The molecule has 0 radical (unpaired) electrons. The summed E-state index contributed by atoms with van der Waals surface area (Å²) < 4.78 is 1.96. The van der Waals surface area contributed by atoms with Crippen molar-refractivity contribution >= 4 is 39.8 Å². The van der Waals surface area contributed by atoms with Crippen LogP contribution in [0.1, 0.15) is 55.5 Å². The van der Waals surface area contributed by atoms with Crippen LogP contribution in [0.3, 0.4) is 0 Å². The number of aryl methyl sites for hydroxylation is 1. The van der Waals surface area contributed by atoms with Crippen LogP contribution in [-0.2, 0) is 10.5 Å². The Balaban J connectivity index is 1.51. The van der Waals surface area contributed by atoms with Crippen LogP contribution in [0.25, 0.3) is 0 Å². The largest absolute Gasteiger partial charge is 0.274 e. The van der Waals surface area contributed by atoms with Gasteiger partial charge in [0.1, 0.15) is 0 Å². The van der Waals surface area contributed by atoms with E-state index < -0.39 is 0 Å². The van der Waals surface area contributed by atoms with E-state index in [4.69, 9.17) is 4.98 Å². The lowest BCUT2D eigenvalue weighted by Crippen LogP contribution is -2.23. The van der Waals surface area contributed by atoms with E-state index in [9.17, 15) is 4.79 Å². The summed E-state index contributed by atoms with van der Waals surface area (Å²) in [4.78, 5) is 18.8. The minimum atomic E-state index is -0.0440. The number of hydrogen-bond acceptors (Lipinski definition) is 7. The molecule has 2 aromatic heterocycles. The number of thioether (sulfide) groups is 1. The molecule has 9 heteroatoms. The average Bonchev–Trinajstić information content (AvgIpc) is 3.44. The summed E-state index contributed by atoms with van der Waals surface area (Å²) in [7, 11) is 0. The third-order valence-corrected chi connectivity index (χ3v) is 7.19. The normalized spacial score (nSPS) is 14.4. The second-order valence-electron chi connectivity index (χ2n) is 7.33. The summed E-state index contributed by atoms with van der Waals surface area (Å²) in [6, 6.07) is 6.40. The molecule has 1 saturated carbocycles. The number of nitrogens with zero attached hydrogens (tertiary/aromatic N) is 6. The number of aromatic nitrogens is 5. The van der Waals surface area contributed by atoms with Crippen LogP contribution in [0, 0.1) is 13.8 Å². The maximum Gasteiger partial charge on any atom is 0.230 e. The summed E-state index contributed by atoms with van der Waals surface area (Å²) >= 11 is 3.08. The van der Waals surface area contributed by atoms with Crippen LogP contribution in [0.15, 0.2) is 28.7 Å². The minimum absolute atomic E-state index is 0.0440. The van der Waals surface area contributed by atoms with Crippen molar-refractivity contribution in [2.24, 2.45) is 0 Å². The van der Waals surface area contributed by atoms with Gasteiger partial charge in [-0.2, -0.15) is 0 Å². The maximum atomic E-state index is 12.4. The number of benzene rings is 1. The lowest BCUT2D eigenvalue weighted by molar-refractivity contribution is -0.115. The first-order valence-corrected chi connectivity index (χ1v) is 11.6. The molecule has 1 aliphatic rings. The number of amides is 1. The van der Waals surface area contributed by atoms with Gasteiger partial charge in [0.2, 0.25) is 11.1 Å². The molecule has 7 nitrogen and oxygen atoms in total. The van der Waals surface area contributed by atoms with Crippen LogP contribution in [0.5, 0.6) is 0 Å². The van der Waals surface area contributed by atoms with Gasteiger partial charge in [0.25, 0.3) is 0 Å². The molecule has 1 aliphatic carbocycles. The van der Waals surface area contributed by atoms with Gasteiger partial charge >= 0.3 is 0 Å². The van der Waals surface area contributed by atoms with Crippen molar-refractivity contribution in [1.82, 2.24) is 25.2 Å². The van der Waals surface area contributed by atoms with Crippen molar-refractivity contribution in [2.75, 3.05) is 4.90 Å². The SMILES string of the molecule is CC(=O)N(c1nc(CSc2nnnn2C2CCCC2)cs1)c1cccc(C)c1C. The van der Waals surface area contributed by atoms with E-state index in [1.54, 1.807) is 23.6 Å². The number of rotatable bonds is 6.